The summed E-state index contributed by atoms with van der Waals surface area (Å²) in [6.07, 6.45) is 5.95. The van der Waals surface area contributed by atoms with Crippen LogP contribution in [0.4, 0.5) is 0 Å². The molecule has 1 heterocycles. The number of nitrogens with one attached hydrogen (secondary N) is 1. The lowest BCUT2D eigenvalue weighted by Gasteiger charge is -2.14. The van der Waals surface area contributed by atoms with Crippen molar-refractivity contribution in [2.24, 2.45) is 0 Å². The minimum atomic E-state index is 0.159. The molecule has 2 N–H and O–H groups in total. The highest BCUT2D eigenvalue weighted by Gasteiger charge is 2.24. The third-order valence-corrected chi connectivity index (χ3v) is 3.26. The number of nitrogens with zero attached hydrogens (tertiary/aromatic N) is 2. The summed E-state index contributed by atoms with van der Waals surface area (Å²) in [5.41, 5.74) is 0. The van der Waals surface area contributed by atoms with Crippen LogP contribution in [0.2, 0.25) is 0 Å². The molecule has 0 amide bonds. The summed E-state index contributed by atoms with van der Waals surface area (Å²) in [4.78, 5) is 8.24. The maximum atomic E-state index is 9.16. The molecule has 1 aromatic rings. The molecule has 0 bridgehead atoms. The van der Waals surface area contributed by atoms with Gasteiger partial charge in [-0.25, -0.2) is 9.97 Å². The van der Waals surface area contributed by atoms with E-state index in [0.717, 1.165) is 10.9 Å². The lowest BCUT2D eigenvalue weighted by atomic mass is 10.3. The molecule has 1 aliphatic carbocycles. The van der Waals surface area contributed by atoms with Gasteiger partial charge in [-0.3, -0.25) is 0 Å². The Morgan fingerprint density at radius 3 is 2.80 bits per heavy atom. The Kier molecular flexibility index (Phi) is 3.94. The topological polar surface area (TPSA) is 58.0 Å². The van der Waals surface area contributed by atoms with E-state index in [-0.39, 0.29) is 12.6 Å². The molecule has 0 radical (unpaired) electrons. The molecule has 1 aromatic heterocycles. The van der Waals surface area contributed by atoms with Crippen LogP contribution >= 0.6 is 11.8 Å². The van der Waals surface area contributed by atoms with Gasteiger partial charge >= 0.3 is 0 Å². The summed E-state index contributed by atoms with van der Waals surface area (Å²) >= 11 is 1.58. The lowest BCUT2D eigenvalue weighted by Crippen LogP contribution is -2.36. The quantitative estimate of drug-likeness (QED) is 0.551. The zero-order chi connectivity index (χ0) is 10.5. The zero-order valence-corrected chi connectivity index (χ0v) is 9.28. The van der Waals surface area contributed by atoms with E-state index in [1.54, 1.807) is 30.2 Å². The maximum Gasteiger partial charge on any atom is 0.187 e. The van der Waals surface area contributed by atoms with E-state index in [9.17, 15) is 0 Å². The summed E-state index contributed by atoms with van der Waals surface area (Å²) in [5, 5.41) is 13.3. The highest BCUT2D eigenvalue weighted by atomic mass is 32.2. The smallest absolute Gasteiger partial charge is 0.187 e. The van der Waals surface area contributed by atoms with Crippen LogP contribution in [0.15, 0.2) is 23.6 Å². The number of aliphatic hydroxyl groups excluding tert-OH is 1. The van der Waals surface area contributed by atoms with Crippen molar-refractivity contribution in [2.75, 3.05) is 12.4 Å². The third-order valence-electron chi connectivity index (χ3n) is 2.22. The minimum absolute atomic E-state index is 0.159. The van der Waals surface area contributed by atoms with Crippen LogP contribution in [0.25, 0.3) is 0 Å². The number of rotatable bonds is 6. The minimum Gasteiger partial charge on any atom is -0.395 e. The highest BCUT2D eigenvalue weighted by Crippen LogP contribution is 2.21. The molecule has 2 rings (SSSR count). The van der Waals surface area contributed by atoms with Crippen LogP contribution in [0.5, 0.6) is 0 Å². The Morgan fingerprint density at radius 2 is 2.20 bits per heavy atom. The van der Waals surface area contributed by atoms with Crippen LogP contribution < -0.4 is 5.32 Å². The summed E-state index contributed by atoms with van der Waals surface area (Å²) in [5.74, 6) is 0.816. The van der Waals surface area contributed by atoms with Crippen molar-refractivity contribution >= 4 is 11.8 Å². The zero-order valence-electron chi connectivity index (χ0n) is 8.47. The summed E-state index contributed by atoms with van der Waals surface area (Å²) < 4.78 is 0. The summed E-state index contributed by atoms with van der Waals surface area (Å²) in [6, 6.07) is 2.58. The molecular formula is C10H15N3OS. The molecule has 0 aliphatic heterocycles. The van der Waals surface area contributed by atoms with Crippen LogP contribution in [-0.2, 0) is 0 Å². The SMILES string of the molecule is OCC(CSc1ncccn1)NC1CC1. The lowest BCUT2D eigenvalue weighted by molar-refractivity contribution is 0.253. The number of aliphatic hydroxyl groups is 1. The largest absolute Gasteiger partial charge is 0.395 e. The first-order chi connectivity index (χ1) is 7.38. The molecule has 15 heavy (non-hydrogen) atoms. The van der Waals surface area contributed by atoms with Gasteiger partial charge < -0.3 is 10.4 Å². The van der Waals surface area contributed by atoms with Crippen LogP contribution in [0.1, 0.15) is 12.8 Å². The number of hydrogen-bond donors (Lipinski definition) is 2. The number of aromatic nitrogens is 2. The van der Waals surface area contributed by atoms with Crippen LogP contribution in [0, 0.1) is 0 Å². The van der Waals surface area contributed by atoms with Crippen molar-refractivity contribution < 1.29 is 5.11 Å². The Hall–Kier alpha value is -0.650. The van der Waals surface area contributed by atoms with E-state index in [0.29, 0.717) is 6.04 Å². The summed E-state index contributed by atoms with van der Waals surface area (Å²) in [6.45, 7) is 0.177. The molecule has 5 heteroatoms. The second-order valence-corrected chi connectivity index (χ2v) is 4.65. The Labute approximate surface area is 93.5 Å². The number of hydrogen-bond acceptors (Lipinski definition) is 5. The van der Waals surface area contributed by atoms with Gasteiger partial charge in [0.15, 0.2) is 5.16 Å². The van der Waals surface area contributed by atoms with Gasteiger partial charge in [0.05, 0.1) is 6.61 Å². The highest BCUT2D eigenvalue weighted by molar-refractivity contribution is 7.99. The van der Waals surface area contributed by atoms with E-state index in [4.69, 9.17) is 5.11 Å². The van der Waals surface area contributed by atoms with E-state index < -0.39 is 0 Å². The average molecular weight is 225 g/mol. The Morgan fingerprint density at radius 1 is 1.47 bits per heavy atom. The molecule has 82 valence electrons. The second kappa shape index (κ2) is 5.44. The second-order valence-electron chi connectivity index (χ2n) is 3.66. The van der Waals surface area contributed by atoms with E-state index in [2.05, 4.69) is 15.3 Å². The van der Waals surface area contributed by atoms with Gasteiger partial charge in [-0.1, -0.05) is 11.8 Å². The first-order valence-corrected chi connectivity index (χ1v) is 6.14. The third kappa shape index (κ3) is 3.77. The molecule has 0 aromatic carbocycles. The molecule has 0 spiro atoms. The Bertz CT molecular complexity index is 292. The molecule has 1 atom stereocenters. The molecule has 0 saturated heterocycles. The first-order valence-electron chi connectivity index (χ1n) is 5.15. The standard InChI is InChI=1S/C10H15N3OS/c14-6-9(13-8-2-3-8)7-15-10-11-4-1-5-12-10/h1,4-5,8-9,13-14H,2-3,6-7H2. The van der Waals surface area contributed by atoms with Crippen molar-refractivity contribution in [3.63, 3.8) is 0 Å². The molecule has 1 unspecified atom stereocenters. The number of thioether (sulfide) groups is 1. The molecule has 1 fully saturated rings. The van der Waals surface area contributed by atoms with Crippen LogP contribution in [-0.4, -0.2) is 39.5 Å². The van der Waals surface area contributed by atoms with Gasteiger partial charge in [0.2, 0.25) is 0 Å². The fourth-order valence-electron chi connectivity index (χ4n) is 1.27. The van der Waals surface area contributed by atoms with Gasteiger partial charge in [0.25, 0.3) is 0 Å². The molecule has 1 aliphatic rings. The summed E-state index contributed by atoms with van der Waals surface area (Å²) in [7, 11) is 0. The van der Waals surface area contributed by atoms with E-state index >= 15 is 0 Å². The predicted octanol–water partition coefficient (Wildman–Crippen LogP) is 0.682. The van der Waals surface area contributed by atoms with Crippen LogP contribution in [0.3, 0.4) is 0 Å². The Balaban J connectivity index is 1.75. The molecule has 1 saturated carbocycles. The van der Waals surface area contributed by atoms with Gasteiger partial charge in [-0.05, 0) is 18.9 Å². The van der Waals surface area contributed by atoms with Gasteiger partial charge in [-0.15, -0.1) is 0 Å². The van der Waals surface area contributed by atoms with Crippen molar-refractivity contribution in [1.29, 1.82) is 0 Å². The average Bonchev–Trinajstić information content (AvgIpc) is 3.09. The van der Waals surface area contributed by atoms with Crippen molar-refractivity contribution in [2.45, 2.75) is 30.1 Å². The van der Waals surface area contributed by atoms with Gasteiger partial charge in [0.1, 0.15) is 0 Å². The first kappa shape index (κ1) is 10.9. The van der Waals surface area contributed by atoms with Gasteiger partial charge in [-0.2, -0.15) is 0 Å². The molecular weight excluding hydrogens is 210 g/mol. The normalized spacial score (nSPS) is 17.7. The van der Waals surface area contributed by atoms with Crippen molar-refractivity contribution in [3.05, 3.63) is 18.5 Å². The van der Waals surface area contributed by atoms with Crippen molar-refractivity contribution in [3.8, 4) is 0 Å². The van der Waals surface area contributed by atoms with E-state index in [1.165, 1.54) is 12.8 Å². The van der Waals surface area contributed by atoms with E-state index in [1.807, 2.05) is 0 Å². The molecule has 4 nitrogen and oxygen atoms in total. The monoisotopic (exact) mass is 225 g/mol. The fraction of sp³-hybridized carbons (Fsp3) is 0.600. The predicted molar refractivity (Wildman–Crippen MR) is 59.8 cm³/mol. The fourth-order valence-corrected chi connectivity index (χ4v) is 2.09. The van der Waals surface area contributed by atoms with Crippen molar-refractivity contribution in [1.82, 2.24) is 15.3 Å². The van der Waals surface area contributed by atoms with Gasteiger partial charge in [0, 0.05) is 30.2 Å². The maximum absolute atomic E-state index is 9.16.